The lowest BCUT2D eigenvalue weighted by Gasteiger charge is -2.09. The molecule has 0 aliphatic carbocycles. The highest BCUT2D eigenvalue weighted by Gasteiger charge is 2.45. The summed E-state index contributed by atoms with van der Waals surface area (Å²) in [5.41, 5.74) is 0. The fourth-order valence-electron chi connectivity index (χ4n) is 1.59. The molecule has 1 atom stereocenters. The molecule has 110 valence electrons. The van der Waals surface area contributed by atoms with Gasteiger partial charge in [-0.15, -0.1) is 10.2 Å². The van der Waals surface area contributed by atoms with Crippen LogP contribution in [-0.4, -0.2) is 59.6 Å². The van der Waals surface area contributed by atoms with E-state index in [9.17, 15) is 23.1 Å². The summed E-state index contributed by atoms with van der Waals surface area (Å²) in [6.45, 7) is 1.71. The summed E-state index contributed by atoms with van der Waals surface area (Å²) in [6.07, 6.45) is -1.18. The van der Waals surface area contributed by atoms with Crippen LogP contribution < -0.4 is 4.90 Å². The summed E-state index contributed by atoms with van der Waals surface area (Å²) in [4.78, 5) is 24.9. The highest BCUT2D eigenvalue weighted by atomic mass is 32.2. The number of aliphatic hydroxyl groups is 1. The topological polar surface area (TPSA) is 121 Å². The minimum absolute atomic E-state index is 0.0912. The third-order valence-electron chi connectivity index (χ3n) is 2.63. The molecule has 20 heavy (non-hydrogen) atoms. The summed E-state index contributed by atoms with van der Waals surface area (Å²) >= 11 is 0.625. The van der Waals surface area contributed by atoms with Crippen LogP contribution in [0.1, 0.15) is 13.3 Å². The van der Waals surface area contributed by atoms with E-state index < -0.39 is 28.0 Å². The number of anilines is 1. The van der Waals surface area contributed by atoms with Gasteiger partial charge < -0.3 is 5.11 Å². The molecule has 1 aromatic rings. The van der Waals surface area contributed by atoms with Crippen molar-refractivity contribution in [2.75, 3.05) is 17.7 Å². The molecule has 0 saturated carbocycles. The van der Waals surface area contributed by atoms with E-state index in [0.29, 0.717) is 22.7 Å². The van der Waals surface area contributed by atoms with Crippen LogP contribution in [0.3, 0.4) is 0 Å². The molecule has 0 radical (unpaired) electrons. The van der Waals surface area contributed by atoms with Crippen LogP contribution in [0, 0.1) is 0 Å². The Morgan fingerprint density at radius 1 is 1.35 bits per heavy atom. The molecule has 1 N–H and O–H groups in total. The van der Waals surface area contributed by atoms with E-state index in [1.165, 1.54) is 7.05 Å². The van der Waals surface area contributed by atoms with Crippen molar-refractivity contribution in [3.63, 3.8) is 0 Å². The van der Waals surface area contributed by atoms with Crippen LogP contribution in [-0.2, 0) is 14.6 Å². The van der Waals surface area contributed by atoms with E-state index >= 15 is 0 Å². The maximum Gasteiger partial charge on any atom is 0.335 e. The molecular formula is C9H12N4O5S2. The maximum absolute atomic E-state index is 11.8. The standard InChI is InChI=1S/C9H12N4O5S2/c1-3-4-20(17,18)8-11-10-7(19-8)13-6(15)5(14)12(2)9(13)16/h5,14H,3-4H2,1-2H3. The average Bonchev–Trinajstić information content (AvgIpc) is 2.92. The summed E-state index contributed by atoms with van der Waals surface area (Å²) in [6, 6.07) is -0.780. The molecule has 1 aliphatic heterocycles. The number of aliphatic hydroxyl groups excluding tert-OH is 1. The number of urea groups is 1. The van der Waals surface area contributed by atoms with E-state index in [4.69, 9.17) is 0 Å². The lowest BCUT2D eigenvalue weighted by Crippen LogP contribution is -2.31. The second kappa shape index (κ2) is 5.07. The third kappa shape index (κ3) is 2.27. The predicted octanol–water partition coefficient (Wildman–Crippen LogP) is -0.561. The largest absolute Gasteiger partial charge is 0.365 e. The van der Waals surface area contributed by atoms with Gasteiger partial charge in [-0.2, -0.15) is 0 Å². The molecule has 1 unspecified atom stereocenters. The van der Waals surface area contributed by atoms with E-state index in [0.717, 1.165) is 4.90 Å². The van der Waals surface area contributed by atoms with Gasteiger partial charge in [0, 0.05) is 7.05 Å². The third-order valence-corrected chi connectivity index (χ3v) is 5.90. The minimum atomic E-state index is -3.56. The van der Waals surface area contributed by atoms with E-state index in [2.05, 4.69) is 10.2 Å². The first-order chi connectivity index (χ1) is 9.29. The molecule has 1 aromatic heterocycles. The molecule has 1 fully saturated rings. The Bertz CT molecular complexity index is 635. The van der Waals surface area contributed by atoms with Crippen molar-refractivity contribution in [3.05, 3.63) is 0 Å². The molecule has 1 saturated heterocycles. The van der Waals surface area contributed by atoms with Gasteiger partial charge in [-0.3, -0.25) is 9.69 Å². The Hall–Kier alpha value is -1.59. The molecule has 11 heteroatoms. The quantitative estimate of drug-likeness (QED) is 0.583. The van der Waals surface area contributed by atoms with Crippen molar-refractivity contribution in [1.82, 2.24) is 15.1 Å². The number of likely N-dealkylation sites (N-methyl/N-ethyl adjacent to an activating group) is 1. The van der Waals surface area contributed by atoms with E-state index in [1.54, 1.807) is 6.92 Å². The maximum atomic E-state index is 11.8. The van der Waals surface area contributed by atoms with Gasteiger partial charge in [0.25, 0.3) is 5.91 Å². The summed E-state index contributed by atoms with van der Waals surface area (Å²) < 4.78 is 23.4. The molecule has 0 aromatic carbocycles. The number of carbonyl (C=O) groups is 2. The van der Waals surface area contributed by atoms with Gasteiger partial charge in [0.2, 0.25) is 25.5 Å². The first-order valence-corrected chi connectivity index (χ1v) is 8.11. The SMILES string of the molecule is CCCS(=O)(=O)c1nnc(N2C(=O)C(O)N(C)C2=O)s1. The second-order valence-corrected chi connectivity index (χ2v) is 7.35. The van der Waals surface area contributed by atoms with Crippen molar-refractivity contribution in [1.29, 1.82) is 0 Å². The highest BCUT2D eigenvalue weighted by Crippen LogP contribution is 2.29. The number of rotatable bonds is 4. The summed E-state index contributed by atoms with van der Waals surface area (Å²) in [5, 5.41) is 16.4. The van der Waals surface area contributed by atoms with Gasteiger partial charge in [-0.25, -0.2) is 18.1 Å². The van der Waals surface area contributed by atoms with Crippen LogP contribution in [0.4, 0.5) is 9.93 Å². The Morgan fingerprint density at radius 2 is 2.00 bits per heavy atom. The summed E-state index contributed by atoms with van der Waals surface area (Å²) in [7, 11) is -2.31. The first-order valence-electron chi connectivity index (χ1n) is 5.64. The number of carbonyl (C=O) groups excluding carboxylic acids is 2. The summed E-state index contributed by atoms with van der Waals surface area (Å²) in [5.74, 6) is -0.973. The van der Waals surface area contributed by atoms with Crippen molar-refractivity contribution < 1.29 is 23.1 Å². The minimum Gasteiger partial charge on any atom is -0.365 e. The Kier molecular flexibility index (Phi) is 3.75. The lowest BCUT2D eigenvalue weighted by atomic mass is 10.5. The van der Waals surface area contributed by atoms with Crippen LogP contribution in [0.15, 0.2) is 4.34 Å². The number of hydrogen-bond donors (Lipinski definition) is 1. The number of sulfone groups is 1. The molecule has 1 aliphatic rings. The predicted molar refractivity (Wildman–Crippen MR) is 68.9 cm³/mol. The molecule has 2 rings (SSSR count). The van der Waals surface area contributed by atoms with Gasteiger partial charge in [-0.05, 0) is 6.42 Å². The first kappa shape index (κ1) is 14.8. The van der Waals surface area contributed by atoms with Crippen molar-refractivity contribution in [2.24, 2.45) is 0 Å². The van der Waals surface area contributed by atoms with Crippen LogP contribution in [0.2, 0.25) is 0 Å². The van der Waals surface area contributed by atoms with E-state index in [1.807, 2.05) is 0 Å². The fraction of sp³-hybridized carbons (Fsp3) is 0.556. The zero-order valence-electron chi connectivity index (χ0n) is 10.7. The molecular weight excluding hydrogens is 308 g/mol. The van der Waals surface area contributed by atoms with Crippen molar-refractivity contribution in [2.45, 2.75) is 23.9 Å². The average molecular weight is 320 g/mol. The van der Waals surface area contributed by atoms with Crippen molar-refractivity contribution >= 4 is 38.2 Å². The van der Waals surface area contributed by atoms with Crippen molar-refractivity contribution in [3.8, 4) is 0 Å². The molecule has 0 spiro atoms. The van der Waals surface area contributed by atoms with Crippen LogP contribution >= 0.6 is 11.3 Å². The fourth-order valence-corrected chi connectivity index (χ4v) is 4.03. The van der Waals surface area contributed by atoms with Gasteiger partial charge in [0.05, 0.1) is 5.75 Å². The number of hydrogen-bond acceptors (Lipinski definition) is 8. The van der Waals surface area contributed by atoms with Crippen LogP contribution in [0.5, 0.6) is 0 Å². The number of amides is 3. The smallest absolute Gasteiger partial charge is 0.335 e. The Labute approximate surface area is 118 Å². The highest BCUT2D eigenvalue weighted by molar-refractivity contribution is 7.93. The zero-order valence-corrected chi connectivity index (χ0v) is 12.3. The molecule has 2 heterocycles. The second-order valence-electron chi connectivity index (χ2n) is 4.11. The van der Waals surface area contributed by atoms with E-state index in [-0.39, 0.29) is 15.2 Å². The number of imide groups is 1. The monoisotopic (exact) mass is 320 g/mol. The Balaban J connectivity index is 2.35. The Morgan fingerprint density at radius 3 is 2.50 bits per heavy atom. The normalized spacial score (nSPS) is 20.1. The number of nitrogens with zero attached hydrogens (tertiary/aromatic N) is 4. The lowest BCUT2D eigenvalue weighted by molar-refractivity contribution is -0.128. The van der Waals surface area contributed by atoms with Gasteiger partial charge in [0.1, 0.15) is 0 Å². The zero-order chi connectivity index (χ0) is 15.1. The molecule has 0 bridgehead atoms. The van der Waals surface area contributed by atoms with Gasteiger partial charge in [-0.1, -0.05) is 18.3 Å². The number of aromatic nitrogens is 2. The van der Waals surface area contributed by atoms with Gasteiger partial charge in [0.15, 0.2) is 0 Å². The van der Waals surface area contributed by atoms with Crippen LogP contribution in [0.25, 0.3) is 0 Å². The molecule has 3 amide bonds. The van der Waals surface area contributed by atoms with Gasteiger partial charge >= 0.3 is 6.03 Å². The molecule has 9 nitrogen and oxygen atoms in total.